The molecule has 0 amide bonds. The van der Waals surface area contributed by atoms with Gasteiger partial charge >= 0.3 is 0 Å². The van der Waals surface area contributed by atoms with E-state index in [1.165, 1.54) is 244 Å². The lowest BCUT2D eigenvalue weighted by Gasteiger charge is -2.10. The Balaban J connectivity index is 0. The molecule has 0 radical (unpaired) electrons. The average molecular weight is 704 g/mol. The molecule has 0 spiro atoms. The molecule has 0 saturated carbocycles. The van der Waals surface area contributed by atoms with Crippen LogP contribution in [-0.4, -0.2) is 26.2 Å². The van der Waals surface area contributed by atoms with Gasteiger partial charge in [-0.3, -0.25) is 0 Å². The van der Waals surface area contributed by atoms with Gasteiger partial charge in [0.05, 0.1) is 6.16 Å². The van der Waals surface area contributed by atoms with E-state index < -0.39 is 7.26 Å². The molecule has 0 aromatic heterocycles. The molecular weight excluding hydrogens is 615 g/mol. The van der Waals surface area contributed by atoms with Gasteiger partial charge in [-0.2, -0.15) is 0 Å². The fraction of sp³-hybridized carbons (Fsp3) is 1.00. The van der Waals surface area contributed by atoms with E-state index in [1.807, 2.05) is 0 Å². The molecule has 268 valence electrons. The molecule has 0 bridgehead atoms. The van der Waals surface area contributed by atoms with Crippen LogP contribution in [0.25, 0.3) is 0 Å². The first-order valence-corrected chi connectivity index (χ1v) is 24.2. The van der Waals surface area contributed by atoms with Gasteiger partial charge in [-0.15, -0.1) is 0 Å². The molecule has 0 aromatic rings. The van der Waals surface area contributed by atoms with Crippen molar-refractivity contribution in [2.24, 2.45) is 0 Å². The van der Waals surface area contributed by atoms with Crippen LogP contribution < -0.4 is 17.0 Å². The fourth-order valence-electron chi connectivity index (χ4n) is 6.85. The lowest BCUT2D eigenvalue weighted by atomic mass is 10.0. The molecule has 0 saturated heterocycles. The molecule has 0 heterocycles. The number of unbranched alkanes of at least 4 members (excludes halogenated alkanes) is 36. The molecule has 0 aliphatic carbocycles. The van der Waals surface area contributed by atoms with Crippen LogP contribution in [0, 0.1) is 0 Å². The van der Waals surface area contributed by atoms with Crippen molar-refractivity contribution in [3.63, 3.8) is 0 Å². The Hall–Kier alpha value is 0.910. The predicted molar refractivity (Wildman–Crippen MR) is 206 cm³/mol. The molecule has 0 N–H and O–H groups in total. The van der Waals surface area contributed by atoms with Crippen molar-refractivity contribution in [2.45, 2.75) is 244 Å². The molecule has 44 heavy (non-hydrogen) atoms. The van der Waals surface area contributed by atoms with Crippen LogP contribution in [0.2, 0.25) is 0 Å². The van der Waals surface area contributed by atoms with E-state index in [-0.39, 0.29) is 17.0 Å². The van der Waals surface area contributed by atoms with Crippen molar-refractivity contribution < 1.29 is 17.0 Å². The van der Waals surface area contributed by atoms with Gasteiger partial charge < -0.3 is 17.0 Å². The second kappa shape index (κ2) is 40.1. The van der Waals surface area contributed by atoms with Crippen molar-refractivity contribution >= 4 is 7.26 Å². The van der Waals surface area contributed by atoms with Crippen LogP contribution in [0.15, 0.2) is 0 Å². The smallest absolute Gasteiger partial charge is 0.0586 e. The highest BCUT2D eigenvalue weighted by Crippen LogP contribution is 2.47. The van der Waals surface area contributed by atoms with Crippen molar-refractivity contribution in [2.75, 3.05) is 26.2 Å². The van der Waals surface area contributed by atoms with E-state index in [2.05, 4.69) is 26.9 Å². The van der Waals surface area contributed by atoms with Crippen LogP contribution in [0.3, 0.4) is 0 Å². The van der Waals surface area contributed by atoms with E-state index in [0.29, 0.717) is 0 Å². The van der Waals surface area contributed by atoms with E-state index in [0.717, 1.165) is 0 Å². The SMILES string of the molecule is CCCCCCCCCCCCCCCCCCCCCCCCCCCCCCCCCCCCCCC[P+](C)(C)C.[Br-]. The summed E-state index contributed by atoms with van der Waals surface area (Å²) < 4.78 is 0. The molecule has 0 aliphatic heterocycles. The molecule has 0 nitrogen and oxygen atoms in total. The maximum atomic E-state index is 2.48. The van der Waals surface area contributed by atoms with E-state index in [4.69, 9.17) is 0 Å². The standard InChI is InChI=1S/C42H88P.BrH/c1-5-6-7-8-9-10-11-12-13-14-15-16-17-18-19-20-21-22-23-24-25-26-27-28-29-30-31-32-33-34-35-36-37-38-39-40-41-42-43(2,3)4;/h5-42H2,1-4H3;1H/q+1;/p-1. The summed E-state index contributed by atoms with van der Waals surface area (Å²) in [4.78, 5) is 0. The molecule has 0 atom stereocenters. The summed E-state index contributed by atoms with van der Waals surface area (Å²) in [5.41, 5.74) is 0. The Kier molecular flexibility index (Phi) is 42.8. The minimum atomic E-state index is -0.521. The zero-order valence-corrected chi connectivity index (χ0v) is 34.2. The van der Waals surface area contributed by atoms with Gasteiger partial charge in [-0.05, 0) is 12.8 Å². The van der Waals surface area contributed by atoms with Gasteiger partial charge in [0.25, 0.3) is 0 Å². The summed E-state index contributed by atoms with van der Waals surface area (Å²) in [7, 11) is -0.521. The Bertz CT molecular complexity index is 485. The summed E-state index contributed by atoms with van der Waals surface area (Å²) >= 11 is 0. The molecule has 0 aliphatic rings. The van der Waals surface area contributed by atoms with Crippen LogP contribution in [0.1, 0.15) is 244 Å². The first-order valence-electron chi connectivity index (χ1n) is 20.9. The molecule has 0 fully saturated rings. The Morgan fingerprint density at radius 2 is 0.364 bits per heavy atom. The first kappa shape index (κ1) is 47.0. The van der Waals surface area contributed by atoms with Gasteiger partial charge in [0.2, 0.25) is 0 Å². The van der Waals surface area contributed by atoms with Crippen molar-refractivity contribution in [3.05, 3.63) is 0 Å². The zero-order valence-electron chi connectivity index (χ0n) is 31.7. The van der Waals surface area contributed by atoms with Crippen LogP contribution in [0.4, 0.5) is 0 Å². The highest BCUT2D eigenvalue weighted by atomic mass is 79.9. The summed E-state index contributed by atoms with van der Waals surface area (Å²) in [5.74, 6) is 0. The Labute approximate surface area is 293 Å². The zero-order chi connectivity index (χ0) is 31.4. The summed E-state index contributed by atoms with van der Waals surface area (Å²) in [6, 6.07) is 0. The van der Waals surface area contributed by atoms with Crippen LogP contribution in [0.5, 0.6) is 0 Å². The minimum Gasteiger partial charge on any atom is -1.00 e. The van der Waals surface area contributed by atoms with Crippen molar-refractivity contribution in [1.82, 2.24) is 0 Å². The van der Waals surface area contributed by atoms with E-state index >= 15 is 0 Å². The molecular formula is C42H88BrP. The molecule has 0 rings (SSSR count). The van der Waals surface area contributed by atoms with Crippen molar-refractivity contribution in [1.29, 1.82) is 0 Å². The molecule has 0 aromatic carbocycles. The Morgan fingerprint density at radius 1 is 0.227 bits per heavy atom. The van der Waals surface area contributed by atoms with Gasteiger partial charge in [0.1, 0.15) is 0 Å². The van der Waals surface area contributed by atoms with Gasteiger partial charge in [-0.1, -0.05) is 232 Å². The predicted octanol–water partition coefficient (Wildman–Crippen LogP) is 13.4. The monoisotopic (exact) mass is 703 g/mol. The second-order valence-electron chi connectivity index (χ2n) is 15.7. The molecule has 2 heteroatoms. The number of hydrogen-bond donors (Lipinski definition) is 0. The normalized spacial score (nSPS) is 11.7. The van der Waals surface area contributed by atoms with Gasteiger partial charge in [0, 0.05) is 27.3 Å². The number of rotatable bonds is 38. The maximum Gasteiger partial charge on any atom is 0.0586 e. The van der Waals surface area contributed by atoms with Gasteiger partial charge in [-0.25, -0.2) is 0 Å². The van der Waals surface area contributed by atoms with E-state index in [1.54, 1.807) is 0 Å². The fourth-order valence-corrected chi connectivity index (χ4v) is 8.02. The third-order valence-corrected chi connectivity index (χ3v) is 11.6. The molecule has 0 unspecified atom stereocenters. The third-order valence-electron chi connectivity index (χ3n) is 9.93. The third kappa shape index (κ3) is 45.0. The summed E-state index contributed by atoms with van der Waals surface area (Å²) in [6.45, 7) is 9.76. The van der Waals surface area contributed by atoms with Crippen LogP contribution >= 0.6 is 7.26 Å². The lowest BCUT2D eigenvalue weighted by Crippen LogP contribution is -3.00. The van der Waals surface area contributed by atoms with Crippen LogP contribution in [-0.2, 0) is 0 Å². The maximum absolute atomic E-state index is 2.48. The first-order chi connectivity index (χ1) is 21.1. The Morgan fingerprint density at radius 3 is 0.500 bits per heavy atom. The van der Waals surface area contributed by atoms with Gasteiger partial charge in [0.15, 0.2) is 0 Å². The quantitative estimate of drug-likeness (QED) is 0.0444. The largest absolute Gasteiger partial charge is 1.00 e. The number of halogens is 1. The number of hydrogen-bond acceptors (Lipinski definition) is 0. The van der Waals surface area contributed by atoms with Crippen molar-refractivity contribution in [3.8, 4) is 0 Å². The van der Waals surface area contributed by atoms with E-state index in [9.17, 15) is 0 Å². The topological polar surface area (TPSA) is 0 Å². The highest BCUT2D eigenvalue weighted by molar-refractivity contribution is 7.73. The lowest BCUT2D eigenvalue weighted by molar-refractivity contribution is -0.00000981. The highest BCUT2D eigenvalue weighted by Gasteiger charge is 2.15. The average Bonchev–Trinajstić information content (AvgIpc) is 2.98. The second-order valence-corrected chi connectivity index (χ2v) is 20.8. The summed E-state index contributed by atoms with van der Waals surface area (Å²) in [6.07, 6.45) is 56.6. The minimum absolute atomic E-state index is 0. The summed E-state index contributed by atoms with van der Waals surface area (Å²) in [5, 5.41) is 0.